The standard InChI is InChI=1S/C21H21Cl2N5O2S/c1-12-4-6-14(7-5-12)20(30)24-13(2)19-26-27-21(28(19)3)31-11-18(29)25-15-8-9-16(22)17(23)10-15/h4-10,13H,11H2,1-3H3,(H,24,30)(H,25,29)/t13-/m1/s1. The first-order chi connectivity index (χ1) is 14.7. The fraction of sp³-hybridized carbons (Fsp3) is 0.238. The first kappa shape index (κ1) is 23.1. The molecule has 2 aromatic carbocycles. The van der Waals surface area contributed by atoms with Crippen molar-refractivity contribution in [2.24, 2.45) is 7.05 Å². The molecule has 1 atom stereocenters. The zero-order chi connectivity index (χ0) is 22.5. The summed E-state index contributed by atoms with van der Waals surface area (Å²) in [5.41, 5.74) is 2.22. The van der Waals surface area contributed by atoms with Gasteiger partial charge in [0.05, 0.1) is 21.8 Å². The smallest absolute Gasteiger partial charge is 0.251 e. The number of halogens is 2. The zero-order valence-corrected chi connectivity index (χ0v) is 19.5. The summed E-state index contributed by atoms with van der Waals surface area (Å²) in [7, 11) is 1.79. The molecule has 0 spiro atoms. The van der Waals surface area contributed by atoms with Gasteiger partial charge in [-0.3, -0.25) is 9.59 Å². The Balaban J connectivity index is 1.57. The third kappa shape index (κ3) is 6.00. The Morgan fingerprint density at radius 3 is 2.48 bits per heavy atom. The van der Waals surface area contributed by atoms with E-state index in [1.165, 1.54) is 11.8 Å². The summed E-state index contributed by atoms with van der Waals surface area (Å²) in [6.07, 6.45) is 0. The van der Waals surface area contributed by atoms with E-state index in [0.29, 0.717) is 32.3 Å². The van der Waals surface area contributed by atoms with Gasteiger partial charge in [0.15, 0.2) is 11.0 Å². The van der Waals surface area contributed by atoms with Crippen molar-refractivity contribution in [3.63, 3.8) is 0 Å². The summed E-state index contributed by atoms with van der Waals surface area (Å²) in [6, 6.07) is 11.9. The molecule has 0 unspecified atom stereocenters. The number of aryl methyl sites for hydroxylation is 1. The number of carbonyl (C=O) groups excluding carboxylic acids is 2. The minimum Gasteiger partial charge on any atom is -0.342 e. The van der Waals surface area contributed by atoms with Crippen LogP contribution in [0.1, 0.15) is 34.7 Å². The Morgan fingerprint density at radius 2 is 1.81 bits per heavy atom. The maximum Gasteiger partial charge on any atom is 0.251 e. The number of anilines is 1. The van der Waals surface area contributed by atoms with E-state index < -0.39 is 0 Å². The molecule has 7 nitrogen and oxygen atoms in total. The highest BCUT2D eigenvalue weighted by Gasteiger charge is 2.19. The molecule has 0 saturated heterocycles. The Bertz CT molecular complexity index is 1100. The van der Waals surface area contributed by atoms with Gasteiger partial charge in [-0.1, -0.05) is 52.7 Å². The van der Waals surface area contributed by atoms with Gasteiger partial charge in [0, 0.05) is 18.3 Å². The van der Waals surface area contributed by atoms with Crippen LogP contribution < -0.4 is 10.6 Å². The summed E-state index contributed by atoms with van der Waals surface area (Å²) in [4.78, 5) is 24.7. The van der Waals surface area contributed by atoms with Gasteiger partial charge in [-0.25, -0.2) is 0 Å². The fourth-order valence-corrected chi connectivity index (χ4v) is 3.80. The van der Waals surface area contributed by atoms with E-state index in [2.05, 4.69) is 20.8 Å². The van der Waals surface area contributed by atoms with Gasteiger partial charge in [-0.2, -0.15) is 0 Å². The molecule has 2 amide bonds. The lowest BCUT2D eigenvalue weighted by Gasteiger charge is -2.13. The van der Waals surface area contributed by atoms with Crippen LogP contribution in [0.3, 0.4) is 0 Å². The molecule has 3 aromatic rings. The highest BCUT2D eigenvalue weighted by atomic mass is 35.5. The van der Waals surface area contributed by atoms with Crippen LogP contribution in [-0.4, -0.2) is 32.3 Å². The maximum atomic E-state index is 12.4. The Hall–Kier alpha value is -2.55. The van der Waals surface area contributed by atoms with Gasteiger partial charge < -0.3 is 15.2 Å². The molecule has 3 rings (SSSR count). The Labute approximate surface area is 194 Å². The number of carbonyl (C=O) groups is 2. The molecule has 0 radical (unpaired) electrons. The number of nitrogens with zero attached hydrogens (tertiary/aromatic N) is 3. The number of nitrogens with one attached hydrogen (secondary N) is 2. The number of benzene rings is 2. The van der Waals surface area contributed by atoms with E-state index in [1.54, 1.807) is 41.9 Å². The molecule has 2 N–H and O–H groups in total. The van der Waals surface area contributed by atoms with Crippen LogP contribution >= 0.6 is 35.0 Å². The average molecular weight is 478 g/mol. The molecule has 1 heterocycles. The second-order valence-corrected chi connectivity index (χ2v) is 8.68. The zero-order valence-electron chi connectivity index (χ0n) is 17.1. The molecule has 0 aliphatic heterocycles. The van der Waals surface area contributed by atoms with E-state index >= 15 is 0 Å². The molecule has 162 valence electrons. The van der Waals surface area contributed by atoms with E-state index in [-0.39, 0.29) is 23.6 Å². The molecular weight excluding hydrogens is 457 g/mol. The topological polar surface area (TPSA) is 88.9 Å². The van der Waals surface area contributed by atoms with Crippen molar-refractivity contribution in [2.45, 2.75) is 25.0 Å². The third-order valence-electron chi connectivity index (χ3n) is 4.45. The highest BCUT2D eigenvalue weighted by Crippen LogP contribution is 2.25. The van der Waals surface area contributed by atoms with Crippen LogP contribution in [0.4, 0.5) is 5.69 Å². The Morgan fingerprint density at radius 1 is 1.10 bits per heavy atom. The van der Waals surface area contributed by atoms with Crippen LogP contribution in [0, 0.1) is 6.92 Å². The van der Waals surface area contributed by atoms with Crippen molar-refractivity contribution >= 4 is 52.5 Å². The summed E-state index contributed by atoms with van der Waals surface area (Å²) in [6.45, 7) is 3.80. The maximum absolute atomic E-state index is 12.4. The van der Waals surface area contributed by atoms with Crippen LogP contribution in [0.5, 0.6) is 0 Å². The van der Waals surface area contributed by atoms with Crippen molar-refractivity contribution in [3.8, 4) is 0 Å². The number of amides is 2. The van der Waals surface area contributed by atoms with Gasteiger partial charge in [0.2, 0.25) is 5.91 Å². The first-order valence-electron chi connectivity index (χ1n) is 9.39. The molecule has 10 heteroatoms. The van der Waals surface area contributed by atoms with Crippen molar-refractivity contribution in [2.75, 3.05) is 11.1 Å². The minimum absolute atomic E-state index is 0.135. The minimum atomic E-state index is -0.356. The second-order valence-electron chi connectivity index (χ2n) is 6.93. The van der Waals surface area contributed by atoms with Gasteiger partial charge in [-0.15, -0.1) is 10.2 Å². The molecule has 0 aliphatic carbocycles. The monoisotopic (exact) mass is 477 g/mol. The quantitative estimate of drug-likeness (QED) is 0.483. The number of thioether (sulfide) groups is 1. The van der Waals surface area contributed by atoms with Crippen molar-refractivity contribution in [1.29, 1.82) is 0 Å². The second kappa shape index (κ2) is 10.2. The van der Waals surface area contributed by atoms with E-state index in [0.717, 1.165) is 5.56 Å². The lowest BCUT2D eigenvalue weighted by Crippen LogP contribution is -2.28. The fourth-order valence-electron chi connectivity index (χ4n) is 2.78. The van der Waals surface area contributed by atoms with E-state index in [4.69, 9.17) is 23.2 Å². The van der Waals surface area contributed by atoms with Gasteiger partial charge >= 0.3 is 0 Å². The van der Waals surface area contributed by atoms with E-state index in [9.17, 15) is 9.59 Å². The SMILES string of the molecule is Cc1ccc(C(=O)N[C@H](C)c2nnc(SCC(=O)Nc3ccc(Cl)c(Cl)c3)n2C)cc1. The molecule has 1 aromatic heterocycles. The molecule has 31 heavy (non-hydrogen) atoms. The summed E-state index contributed by atoms with van der Waals surface area (Å²) in [5, 5.41) is 15.3. The van der Waals surface area contributed by atoms with Crippen molar-refractivity contribution < 1.29 is 9.59 Å². The predicted molar refractivity (Wildman–Crippen MR) is 124 cm³/mol. The van der Waals surface area contributed by atoms with E-state index in [1.807, 2.05) is 26.0 Å². The third-order valence-corrected chi connectivity index (χ3v) is 6.21. The number of rotatable bonds is 7. The Kier molecular flexibility index (Phi) is 7.59. The number of hydrogen-bond donors (Lipinski definition) is 2. The molecule has 0 bridgehead atoms. The van der Waals surface area contributed by atoms with Gasteiger partial charge in [-0.05, 0) is 44.2 Å². The first-order valence-corrected chi connectivity index (χ1v) is 11.1. The number of hydrogen-bond acceptors (Lipinski definition) is 5. The largest absolute Gasteiger partial charge is 0.342 e. The van der Waals surface area contributed by atoms with Crippen molar-refractivity contribution in [1.82, 2.24) is 20.1 Å². The summed E-state index contributed by atoms with van der Waals surface area (Å²) >= 11 is 13.1. The number of aromatic nitrogens is 3. The van der Waals surface area contributed by atoms with Gasteiger partial charge in [0.25, 0.3) is 5.91 Å². The molecule has 0 saturated carbocycles. The lowest BCUT2D eigenvalue weighted by atomic mass is 10.1. The molecule has 0 aliphatic rings. The summed E-state index contributed by atoms with van der Waals surface area (Å²) < 4.78 is 1.76. The molecular formula is C21H21Cl2N5O2S. The van der Waals surface area contributed by atoms with Crippen LogP contribution in [-0.2, 0) is 11.8 Å². The van der Waals surface area contributed by atoms with Crippen LogP contribution in [0.25, 0.3) is 0 Å². The van der Waals surface area contributed by atoms with Gasteiger partial charge in [0.1, 0.15) is 0 Å². The average Bonchev–Trinajstić information content (AvgIpc) is 3.10. The molecule has 0 fully saturated rings. The highest BCUT2D eigenvalue weighted by molar-refractivity contribution is 7.99. The normalized spacial score (nSPS) is 11.8. The van der Waals surface area contributed by atoms with Crippen LogP contribution in [0.2, 0.25) is 10.0 Å². The van der Waals surface area contributed by atoms with Crippen molar-refractivity contribution in [3.05, 3.63) is 69.5 Å². The predicted octanol–water partition coefficient (Wildman–Crippen LogP) is 4.65. The lowest BCUT2D eigenvalue weighted by molar-refractivity contribution is -0.113. The summed E-state index contributed by atoms with van der Waals surface area (Å²) in [5.74, 6) is 0.322. The van der Waals surface area contributed by atoms with Crippen LogP contribution in [0.15, 0.2) is 47.6 Å².